The highest BCUT2D eigenvalue weighted by atomic mass is 16.4. The Balaban J connectivity index is 2.23. The number of amides is 1. The van der Waals surface area contributed by atoms with Crippen molar-refractivity contribution < 1.29 is 14.7 Å². The first-order valence-electron chi connectivity index (χ1n) is 7.65. The van der Waals surface area contributed by atoms with Gasteiger partial charge in [0.15, 0.2) is 0 Å². The molecule has 0 radical (unpaired) electrons. The van der Waals surface area contributed by atoms with Crippen LogP contribution in [-0.4, -0.2) is 23.5 Å². The van der Waals surface area contributed by atoms with Crippen LogP contribution in [0.15, 0.2) is 18.2 Å². The lowest BCUT2D eigenvalue weighted by Crippen LogP contribution is -2.25. The molecule has 0 aromatic heterocycles. The largest absolute Gasteiger partial charge is 0.481 e. The van der Waals surface area contributed by atoms with E-state index >= 15 is 0 Å². The SMILES string of the molecule is CCCCC(CC(=O)O)c1ccc2c(c1)CCN2C(C)=O. The Bertz CT molecular complexity index is 539. The van der Waals surface area contributed by atoms with E-state index < -0.39 is 5.97 Å². The van der Waals surface area contributed by atoms with Gasteiger partial charge in [0.2, 0.25) is 5.91 Å². The average Bonchev–Trinajstić information content (AvgIpc) is 2.86. The van der Waals surface area contributed by atoms with Gasteiger partial charge in [-0.2, -0.15) is 0 Å². The molecule has 0 saturated carbocycles. The molecule has 0 spiro atoms. The van der Waals surface area contributed by atoms with Crippen molar-refractivity contribution in [1.82, 2.24) is 0 Å². The molecule has 21 heavy (non-hydrogen) atoms. The maximum atomic E-state index is 11.6. The molecule has 0 saturated heterocycles. The van der Waals surface area contributed by atoms with Gasteiger partial charge in [-0.15, -0.1) is 0 Å². The van der Waals surface area contributed by atoms with E-state index in [-0.39, 0.29) is 18.2 Å². The second-order valence-electron chi connectivity index (χ2n) is 5.75. The zero-order chi connectivity index (χ0) is 15.4. The van der Waals surface area contributed by atoms with E-state index in [9.17, 15) is 9.59 Å². The van der Waals surface area contributed by atoms with Gasteiger partial charge in [-0.05, 0) is 36.0 Å². The summed E-state index contributed by atoms with van der Waals surface area (Å²) in [4.78, 5) is 24.4. The fourth-order valence-electron chi connectivity index (χ4n) is 3.05. The molecule has 1 aromatic rings. The Morgan fingerprint density at radius 3 is 2.76 bits per heavy atom. The predicted octanol–water partition coefficient (Wildman–Crippen LogP) is 3.34. The second kappa shape index (κ2) is 6.74. The molecule has 1 heterocycles. The van der Waals surface area contributed by atoms with Gasteiger partial charge in [0.25, 0.3) is 0 Å². The quantitative estimate of drug-likeness (QED) is 0.873. The minimum Gasteiger partial charge on any atom is -0.481 e. The minimum atomic E-state index is -0.748. The molecule has 0 bridgehead atoms. The zero-order valence-corrected chi connectivity index (χ0v) is 12.8. The Morgan fingerprint density at radius 2 is 2.14 bits per heavy atom. The fourth-order valence-corrected chi connectivity index (χ4v) is 3.05. The number of fused-ring (bicyclic) bond motifs is 1. The summed E-state index contributed by atoms with van der Waals surface area (Å²) in [5, 5.41) is 9.10. The van der Waals surface area contributed by atoms with E-state index in [4.69, 9.17) is 5.11 Å². The second-order valence-corrected chi connectivity index (χ2v) is 5.75. The lowest BCUT2D eigenvalue weighted by Gasteiger charge is -2.18. The minimum absolute atomic E-state index is 0.0644. The summed E-state index contributed by atoms with van der Waals surface area (Å²) in [6.07, 6.45) is 4.04. The van der Waals surface area contributed by atoms with Crippen LogP contribution >= 0.6 is 0 Å². The third-order valence-corrected chi connectivity index (χ3v) is 4.18. The van der Waals surface area contributed by atoms with Crippen molar-refractivity contribution in [2.45, 2.75) is 51.9 Å². The number of hydrogen-bond donors (Lipinski definition) is 1. The number of carbonyl (C=O) groups excluding carboxylic acids is 1. The summed E-state index contributed by atoms with van der Waals surface area (Å²) >= 11 is 0. The summed E-state index contributed by atoms with van der Waals surface area (Å²) in [7, 11) is 0. The molecule has 1 amide bonds. The van der Waals surface area contributed by atoms with Gasteiger partial charge in [0, 0.05) is 19.2 Å². The lowest BCUT2D eigenvalue weighted by molar-refractivity contribution is -0.137. The van der Waals surface area contributed by atoms with Crippen LogP contribution in [0.25, 0.3) is 0 Å². The van der Waals surface area contributed by atoms with Crippen LogP contribution in [0.3, 0.4) is 0 Å². The molecular weight excluding hydrogens is 266 g/mol. The maximum absolute atomic E-state index is 11.6. The molecular formula is C17H23NO3. The molecule has 4 nitrogen and oxygen atoms in total. The van der Waals surface area contributed by atoms with Crippen molar-refractivity contribution in [1.29, 1.82) is 0 Å². The van der Waals surface area contributed by atoms with E-state index in [1.165, 1.54) is 0 Å². The van der Waals surface area contributed by atoms with Gasteiger partial charge in [-0.3, -0.25) is 9.59 Å². The number of hydrogen-bond acceptors (Lipinski definition) is 2. The summed E-state index contributed by atoms with van der Waals surface area (Å²) in [5.74, 6) is -0.615. The van der Waals surface area contributed by atoms with E-state index in [1.54, 1.807) is 11.8 Å². The van der Waals surface area contributed by atoms with E-state index in [0.717, 1.165) is 49.0 Å². The number of rotatable bonds is 6. The number of aliphatic carboxylic acids is 1. The third kappa shape index (κ3) is 3.63. The molecule has 1 unspecified atom stereocenters. The standard InChI is InChI=1S/C17H23NO3/c1-3-4-5-13(11-17(20)21)14-6-7-16-15(10-14)8-9-18(16)12(2)19/h6-7,10,13H,3-5,8-9,11H2,1-2H3,(H,20,21). The zero-order valence-electron chi connectivity index (χ0n) is 12.8. The van der Waals surface area contributed by atoms with Crippen LogP contribution < -0.4 is 4.90 Å². The smallest absolute Gasteiger partial charge is 0.303 e. The predicted molar refractivity (Wildman–Crippen MR) is 82.7 cm³/mol. The molecule has 1 atom stereocenters. The fraction of sp³-hybridized carbons (Fsp3) is 0.529. The summed E-state index contributed by atoms with van der Waals surface area (Å²) in [5.41, 5.74) is 3.24. The number of carboxylic acids is 1. The van der Waals surface area contributed by atoms with Gasteiger partial charge < -0.3 is 10.0 Å². The Kier molecular flexibility index (Phi) is 4.99. The van der Waals surface area contributed by atoms with Gasteiger partial charge in [-0.25, -0.2) is 0 Å². The summed E-state index contributed by atoms with van der Waals surface area (Å²) < 4.78 is 0. The monoisotopic (exact) mass is 289 g/mol. The van der Waals surface area contributed by atoms with Crippen molar-refractivity contribution in [3.63, 3.8) is 0 Å². The first kappa shape index (κ1) is 15.5. The van der Waals surface area contributed by atoms with E-state index in [0.29, 0.717) is 0 Å². The topological polar surface area (TPSA) is 57.6 Å². The van der Waals surface area contributed by atoms with Crippen molar-refractivity contribution in [3.05, 3.63) is 29.3 Å². The molecule has 0 fully saturated rings. The lowest BCUT2D eigenvalue weighted by atomic mass is 9.89. The number of nitrogens with zero attached hydrogens (tertiary/aromatic N) is 1. The van der Waals surface area contributed by atoms with E-state index in [2.05, 4.69) is 13.0 Å². The van der Waals surface area contributed by atoms with Crippen LogP contribution in [0, 0.1) is 0 Å². The molecule has 1 aromatic carbocycles. The first-order chi connectivity index (χ1) is 10.0. The molecule has 1 N–H and O–H groups in total. The molecule has 2 rings (SSSR count). The highest BCUT2D eigenvalue weighted by Gasteiger charge is 2.24. The molecule has 4 heteroatoms. The number of unbranched alkanes of at least 4 members (excludes halogenated alkanes) is 1. The van der Waals surface area contributed by atoms with Gasteiger partial charge in [0.05, 0.1) is 6.42 Å². The first-order valence-corrected chi connectivity index (χ1v) is 7.65. The van der Waals surface area contributed by atoms with Crippen molar-refractivity contribution in [2.75, 3.05) is 11.4 Å². The highest BCUT2D eigenvalue weighted by Crippen LogP contribution is 2.33. The number of carbonyl (C=O) groups is 2. The molecule has 1 aliphatic rings. The van der Waals surface area contributed by atoms with Crippen LogP contribution in [0.2, 0.25) is 0 Å². The third-order valence-electron chi connectivity index (χ3n) is 4.18. The Morgan fingerprint density at radius 1 is 1.38 bits per heavy atom. The maximum Gasteiger partial charge on any atom is 0.303 e. The summed E-state index contributed by atoms with van der Waals surface area (Å²) in [6, 6.07) is 6.06. The number of carboxylic acid groups (broad SMARTS) is 1. The average molecular weight is 289 g/mol. The van der Waals surface area contributed by atoms with Crippen LogP contribution in [0.5, 0.6) is 0 Å². The Hall–Kier alpha value is -1.84. The molecule has 1 aliphatic heterocycles. The van der Waals surface area contributed by atoms with Crippen LogP contribution in [0.1, 0.15) is 56.6 Å². The number of benzene rings is 1. The summed E-state index contributed by atoms with van der Waals surface area (Å²) in [6.45, 7) is 4.43. The van der Waals surface area contributed by atoms with Crippen molar-refractivity contribution in [3.8, 4) is 0 Å². The van der Waals surface area contributed by atoms with Crippen molar-refractivity contribution in [2.24, 2.45) is 0 Å². The highest BCUT2D eigenvalue weighted by molar-refractivity contribution is 5.93. The van der Waals surface area contributed by atoms with Crippen LogP contribution in [0.4, 0.5) is 5.69 Å². The van der Waals surface area contributed by atoms with E-state index in [1.807, 2.05) is 12.1 Å². The van der Waals surface area contributed by atoms with Gasteiger partial charge in [0.1, 0.15) is 0 Å². The Labute approximate surface area is 125 Å². The number of anilines is 1. The van der Waals surface area contributed by atoms with Crippen LogP contribution in [-0.2, 0) is 16.0 Å². The molecule has 0 aliphatic carbocycles. The van der Waals surface area contributed by atoms with Gasteiger partial charge >= 0.3 is 5.97 Å². The van der Waals surface area contributed by atoms with Gasteiger partial charge in [-0.1, -0.05) is 31.9 Å². The molecule has 114 valence electrons. The normalized spacial score (nSPS) is 14.9. The van der Waals surface area contributed by atoms with Crippen molar-refractivity contribution >= 4 is 17.6 Å².